The summed E-state index contributed by atoms with van der Waals surface area (Å²) in [6.45, 7) is 7.77. The van der Waals surface area contributed by atoms with Crippen molar-refractivity contribution in [3.05, 3.63) is 0 Å². The van der Waals surface area contributed by atoms with Crippen molar-refractivity contribution in [2.75, 3.05) is 6.66 Å². The van der Waals surface area contributed by atoms with Gasteiger partial charge in [-0.2, -0.15) is 0 Å². The Morgan fingerprint density at radius 3 is 1.75 bits per heavy atom. The van der Waals surface area contributed by atoms with Gasteiger partial charge in [-0.05, 0) is 6.66 Å². The van der Waals surface area contributed by atoms with Gasteiger partial charge in [0.1, 0.15) is 0 Å². The van der Waals surface area contributed by atoms with Crippen LogP contribution in [0.1, 0.15) is 20.8 Å². The highest BCUT2D eigenvalue weighted by molar-refractivity contribution is 7.57. The zero-order valence-corrected chi connectivity index (χ0v) is 6.91. The molecule has 1 nitrogen and oxygen atoms in total. The van der Waals surface area contributed by atoms with Gasteiger partial charge in [-0.25, -0.2) is 0 Å². The van der Waals surface area contributed by atoms with Gasteiger partial charge in [-0.15, -0.1) is 0 Å². The maximum absolute atomic E-state index is 10.8. The monoisotopic (exact) mass is 132 g/mol. The van der Waals surface area contributed by atoms with Crippen molar-refractivity contribution in [1.29, 1.82) is 0 Å². The Morgan fingerprint density at radius 1 is 1.38 bits per heavy atom. The van der Waals surface area contributed by atoms with E-state index in [9.17, 15) is 4.79 Å². The Morgan fingerprint density at radius 2 is 1.75 bits per heavy atom. The van der Waals surface area contributed by atoms with Crippen LogP contribution in [0.25, 0.3) is 0 Å². The van der Waals surface area contributed by atoms with E-state index in [1.807, 2.05) is 27.4 Å². The molecule has 0 aromatic carbocycles. The predicted octanol–water partition coefficient (Wildman–Crippen LogP) is 1.87. The second-order valence-corrected chi connectivity index (χ2v) is 3.78. The average Bonchev–Trinajstić information content (AvgIpc) is 1.62. The highest BCUT2D eigenvalue weighted by atomic mass is 31.1. The van der Waals surface area contributed by atoms with Gasteiger partial charge in [-0.3, -0.25) is 4.79 Å². The molecule has 0 saturated carbocycles. The fraction of sp³-hybridized carbons (Fsp3) is 0.833. The molecule has 0 saturated heterocycles. The largest absolute Gasteiger partial charge is 0.294 e. The van der Waals surface area contributed by atoms with Crippen LogP contribution in [0, 0.1) is 5.41 Å². The Hall–Kier alpha value is 0.100. The minimum Gasteiger partial charge on any atom is -0.294 e. The molecule has 48 valence electrons. The van der Waals surface area contributed by atoms with Crippen molar-refractivity contribution in [3.8, 4) is 0 Å². The quantitative estimate of drug-likeness (QED) is 0.498. The first-order chi connectivity index (χ1) is 3.48. The van der Waals surface area contributed by atoms with Gasteiger partial charge < -0.3 is 0 Å². The van der Waals surface area contributed by atoms with Crippen LogP contribution in [0.4, 0.5) is 0 Å². The molecular formula is C6H13OP. The lowest BCUT2D eigenvalue weighted by Crippen LogP contribution is -2.14. The van der Waals surface area contributed by atoms with E-state index in [-0.39, 0.29) is 5.41 Å². The van der Waals surface area contributed by atoms with Crippen molar-refractivity contribution < 1.29 is 4.79 Å². The van der Waals surface area contributed by atoms with E-state index in [2.05, 4.69) is 0 Å². The van der Waals surface area contributed by atoms with E-state index in [4.69, 9.17) is 0 Å². The fourth-order valence-electron chi connectivity index (χ4n) is 0.375. The standard InChI is InChI=1S/C6H13OP/c1-6(2,3)5(7)8-4/h8H,1-4H3. The molecule has 0 aromatic rings. The van der Waals surface area contributed by atoms with Gasteiger partial charge in [-0.1, -0.05) is 29.4 Å². The maximum atomic E-state index is 10.8. The molecule has 2 heteroatoms. The summed E-state index contributed by atoms with van der Waals surface area (Å²) in [4.78, 5) is 10.8. The van der Waals surface area contributed by atoms with Gasteiger partial charge in [0.15, 0.2) is 5.52 Å². The molecule has 0 aliphatic carbocycles. The molecule has 0 amide bonds. The first kappa shape index (κ1) is 8.10. The molecule has 0 rings (SSSR count). The topological polar surface area (TPSA) is 17.1 Å². The number of rotatable bonds is 1. The summed E-state index contributed by atoms with van der Waals surface area (Å²) >= 11 is 0. The molecular weight excluding hydrogens is 119 g/mol. The Labute approximate surface area is 52.6 Å². The Kier molecular flexibility index (Phi) is 2.62. The lowest BCUT2D eigenvalue weighted by molar-refractivity contribution is -0.117. The average molecular weight is 132 g/mol. The highest BCUT2D eigenvalue weighted by Crippen LogP contribution is 2.24. The number of hydrogen-bond donors (Lipinski definition) is 0. The van der Waals surface area contributed by atoms with E-state index >= 15 is 0 Å². The summed E-state index contributed by atoms with van der Waals surface area (Å²) < 4.78 is 0. The predicted molar refractivity (Wildman–Crippen MR) is 38.7 cm³/mol. The molecule has 0 bridgehead atoms. The molecule has 0 N–H and O–H groups in total. The minimum atomic E-state index is -0.118. The van der Waals surface area contributed by atoms with E-state index in [0.717, 1.165) is 0 Å². The van der Waals surface area contributed by atoms with Crippen LogP contribution in [-0.4, -0.2) is 12.2 Å². The van der Waals surface area contributed by atoms with Crippen molar-refractivity contribution >= 4 is 14.1 Å². The van der Waals surface area contributed by atoms with E-state index in [1.165, 1.54) is 0 Å². The zero-order chi connectivity index (χ0) is 6.78. The van der Waals surface area contributed by atoms with Crippen LogP contribution in [-0.2, 0) is 4.79 Å². The maximum Gasteiger partial charge on any atom is 0.156 e. The third-order valence-electron chi connectivity index (χ3n) is 0.908. The minimum absolute atomic E-state index is 0.118. The van der Waals surface area contributed by atoms with Crippen LogP contribution < -0.4 is 0 Å². The Balaban J connectivity index is 3.82. The first-order valence-electron chi connectivity index (χ1n) is 2.70. The molecule has 0 radical (unpaired) electrons. The molecule has 0 fully saturated rings. The van der Waals surface area contributed by atoms with Gasteiger partial charge in [0.2, 0.25) is 0 Å². The lowest BCUT2D eigenvalue weighted by atomic mass is 10.00. The number of hydrogen-bond acceptors (Lipinski definition) is 1. The molecule has 0 aromatic heterocycles. The molecule has 0 aliphatic rings. The second kappa shape index (κ2) is 2.59. The molecule has 8 heavy (non-hydrogen) atoms. The van der Waals surface area contributed by atoms with Gasteiger partial charge in [0.05, 0.1) is 0 Å². The third kappa shape index (κ3) is 2.42. The summed E-state index contributed by atoms with van der Waals surface area (Å²) in [7, 11) is 0.444. The molecule has 1 atom stereocenters. The van der Waals surface area contributed by atoms with Crippen LogP contribution in [0.15, 0.2) is 0 Å². The molecule has 1 unspecified atom stereocenters. The van der Waals surface area contributed by atoms with Crippen molar-refractivity contribution in [1.82, 2.24) is 0 Å². The Bertz CT molecular complexity index is 91.2. The van der Waals surface area contributed by atoms with Crippen molar-refractivity contribution in [2.24, 2.45) is 5.41 Å². The smallest absolute Gasteiger partial charge is 0.156 e. The third-order valence-corrected chi connectivity index (χ3v) is 2.11. The van der Waals surface area contributed by atoms with E-state index in [0.29, 0.717) is 14.1 Å². The van der Waals surface area contributed by atoms with Crippen LogP contribution in [0.2, 0.25) is 0 Å². The van der Waals surface area contributed by atoms with Gasteiger partial charge in [0.25, 0.3) is 0 Å². The van der Waals surface area contributed by atoms with Gasteiger partial charge >= 0.3 is 0 Å². The summed E-state index contributed by atoms with van der Waals surface area (Å²) in [6, 6.07) is 0. The summed E-state index contributed by atoms with van der Waals surface area (Å²) in [5, 5.41) is 0. The van der Waals surface area contributed by atoms with Crippen molar-refractivity contribution in [2.45, 2.75) is 20.8 Å². The fourth-order valence-corrected chi connectivity index (χ4v) is 1.12. The lowest BCUT2D eigenvalue weighted by Gasteiger charge is -2.13. The molecule has 0 heterocycles. The second-order valence-electron chi connectivity index (χ2n) is 2.83. The van der Waals surface area contributed by atoms with Crippen LogP contribution in [0.3, 0.4) is 0 Å². The zero-order valence-electron chi connectivity index (χ0n) is 5.91. The molecule has 0 aliphatic heterocycles. The van der Waals surface area contributed by atoms with Gasteiger partial charge in [0, 0.05) is 5.41 Å². The number of carbonyl (C=O) groups is 1. The van der Waals surface area contributed by atoms with E-state index < -0.39 is 0 Å². The SMILES string of the molecule is CPC(=O)C(C)(C)C. The van der Waals surface area contributed by atoms with Crippen LogP contribution >= 0.6 is 8.58 Å². The normalized spacial score (nSPS) is 13.0. The summed E-state index contributed by atoms with van der Waals surface area (Å²) in [6.07, 6.45) is 0. The highest BCUT2D eigenvalue weighted by Gasteiger charge is 2.18. The van der Waals surface area contributed by atoms with Crippen molar-refractivity contribution in [3.63, 3.8) is 0 Å². The molecule has 0 spiro atoms. The summed E-state index contributed by atoms with van der Waals surface area (Å²) in [5.41, 5.74) is 0.241. The number of carbonyl (C=O) groups excluding carboxylic acids is 1. The first-order valence-corrected chi connectivity index (χ1v) is 4.20. The van der Waals surface area contributed by atoms with E-state index in [1.54, 1.807) is 0 Å². The van der Waals surface area contributed by atoms with Crippen LogP contribution in [0.5, 0.6) is 0 Å². The summed E-state index contributed by atoms with van der Waals surface area (Å²) in [5.74, 6) is 0.